The lowest BCUT2D eigenvalue weighted by Gasteiger charge is -2.36. The number of nitrogens with zero attached hydrogens (tertiary/aromatic N) is 5. The molecule has 0 saturated heterocycles. The molecular formula is C16H20N6O3. The van der Waals surface area contributed by atoms with Crippen LogP contribution in [0, 0.1) is 0 Å². The van der Waals surface area contributed by atoms with Crippen LogP contribution < -0.4 is 14.8 Å². The van der Waals surface area contributed by atoms with Crippen molar-refractivity contribution in [3.05, 3.63) is 29.7 Å². The number of allylic oxidation sites excluding steroid dienone is 3. The number of methoxy groups -OCH3 is 2. The molecule has 0 spiro atoms. The summed E-state index contributed by atoms with van der Waals surface area (Å²) in [7, 11) is 2.97. The number of carbonyl (C=O) groups excluding carboxylic acids is 1. The molecule has 0 radical (unpaired) electrons. The minimum Gasteiger partial charge on any atom is -0.481 e. The molecule has 0 saturated carbocycles. The average molecular weight is 344 g/mol. The number of anilines is 1. The van der Waals surface area contributed by atoms with Crippen LogP contribution in [0.2, 0.25) is 0 Å². The molecular weight excluding hydrogens is 324 g/mol. The summed E-state index contributed by atoms with van der Waals surface area (Å²) in [4.78, 5) is 25.6. The molecule has 9 nitrogen and oxygen atoms in total. The van der Waals surface area contributed by atoms with Gasteiger partial charge in [-0.25, -0.2) is 14.8 Å². The highest BCUT2D eigenvalue weighted by atomic mass is 16.5. The molecule has 1 aromatic heterocycles. The average Bonchev–Trinajstić information content (AvgIpc) is 3.00. The molecule has 3 rings (SSSR count). The Bertz CT molecular complexity index is 764. The topological polar surface area (TPSA) is 92.2 Å². The Balaban J connectivity index is 1.85. The molecule has 0 aliphatic carbocycles. The van der Waals surface area contributed by atoms with Crippen LogP contribution >= 0.6 is 0 Å². The largest absolute Gasteiger partial charge is 0.481 e. The summed E-state index contributed by atoms with van der Waals surface area (Å²) in [6.45, 7) is 4.47. The van der Waals surface area contributed by atoms with Crippen molar-refractivity contribution in [3.8, 4) is 11.8 Å². The Kier molecular flexibility index (Phi) is 4.55. The van der Waals surface area contributed by atoms with Gasteiger partial charge in [-0.15, -0.1) is 0 Å². The lowest BCUT2D eigenvalue weighted by Crippen LogP contribution is -2.47. The molecule has 25 heavy (non-hydrogen) atoms. The maximum atomic E-state index is 12.9. The molecule has 0 fully saturated rings. The Hall–Kier alpha value is -3.10. The lowest BCUT2D eigenvalue weighted by molar-refractivity contribution is 0.0993. The van der Waals surface area contributed by atoms with Crippen LogP contribution in [-0.4, -0.2) is 52.5 Å². The van der Waals surface area contributed by atoms with Crippen molar-refractivity contribution in [3.63, 3.8) is 0 Å². The molecule has 3 heterocycles. The van der Waals surface area contributed by atoms with Gasteiger partial charge < -0.3 is 9.47 Å². The van der Waals surface area contributed by atoms with E-state index in [1.165, 1.54) is 20.3 Å². The monoisotopic (exact) mass is 344 g/mol. The van der Waals surface area contributed by atoms with Crippen molar-refractivity contribution < 1.29 is 14.3 Å². The second-order valence-electron chi connectivity index (χ2n) is 5.46. The summed E-state index contributed by atoms with van der Waals surface area (Å²) < 4.78 is 10.2. The molecule has 1 aromatic rings. The predicted octanol–water partition coefficient (Wildman–Crippen LogP) is 2.17. The Labute approximate surface area is 145 Å². The van der Waals surface area contributed by atoms with E-state index < -0.39 is 0 Å². The first-order chi connectivity index (χ1) is 12.0. The molecule has 0 bridgehead atoms. The molecule has 132 valence electrons. The van der Waals surface area contributed by atoms with E-state index in [2.05, 4.69) is 20.3 Å². The number of carbonyl (C=O) groups is 1. The molecule has 0 atom stereocenters. The molecule has 0 unspecified atom stereocenters. The van der Waals surface area contributed by atoms with Gasteiger partial charge in [-0.1, -0.05) is 6.92 Å². The number of aromatic nitrogens is 2. The Morgan fingerprint density at radius 2 is 1.92 bits per heavy atom. The van der Waals surface area contributed by atoms with Gasteiger partial charge in [0.25, 0.3) is 0 Å². The van der Waals surface area contributed by atoms with E-state index in [1.807, 2.05) is 31.0 Å². The zero-order valence-electron chi connectivity index (χ0n) is 14.6. The maximum absolute atomic E-state index is 12.9. The van der Waals surface area contributed by atoms with Gasteiger partial charge in [0.2, 0.25) is 17.7 Å². The van der Waals surface area contributed by atoms with Crippen LogP contribution in [0.3, 0.4) is 0 Å². The van der Waals surface area contributed by atoms with Crippen LogP contribution in [0.1, 0.15) is 20.3 Å². The normalized spacial score (nSPS) is 15.9. The van der Waals surface area contributed by atoms with Crippen molar-refractivity contribution in [1.82, 2.24) is 20.0 Å². The van der Waals surface area contributed by atoms with Crippen LogP contribution in [0.25, 0.3) is 0 Å². The Morgan fingerprint density at radius 1 is 1.24 bits per heavy atom. The first kappa shape index (κ1) is 16.7. The summed E-state index contributed by atoms with van der Waals surface area (Å²) in [5.74, 6) is 1.43. The van der Waals surface area contributed by atoms with Gasteiger partial charge in [0.15, 0.2) is 0 Å². The standard InChI is InChI=1S/C16H20N6O3/c1-5-11-6-7-12-17-10(2)9-21(12)22(11)16(23)20-15-18-13(24-3)8-14(19-15)25-4/h6-8H,5,9H2,1-4H3,(H,18,19,20,23). The van der Waals surface area contributed by atoms with Crippen molar-refractivity contribution in [2.24, 2.45) is 4.99 Å². The van der Waals surface area contributed by atoms with Crippen LogP contribution in [0.15, 0.2) is 34.7 Å². The number of nitrogens with one attached hydrogen (secondary N) is 1. The maximum Gasteiger partial charge on any atom is 0.347 e. The molecule has 1 N–H and O–H groups in total. The van der Waals surface area contributed by atoms with E-state index in [4.69, 9.17) is 9.47 Å². The van der Waals surface area contributed by atoms with Gasteiger partial charge in [-0.2, -0.15) is 9.97 Å². The van der Waals surface area contributed by atoms with Gasteiger partial charge in [-0.05, 0) is 25.5 Å². The molecule has 0 aromatic carbocycles. The van der Waals surface area contributed by atoms with E-state index in [0.717, 1.165) is 17.2 Å². The number of aliphatic imine (C=N–C) groups is 1. The summed E-state index contributed by atoms with van der Waals surface area (Å²) in [5, 5.41) is 6.08. The number of amides is 2. The number of fused-ring (bicyclic) bond motifs is 1. The highest BCUT2D eigenvalue weighted by Crippen LogP contribution is 2.28. The number of rotatable bonds is 4. The third-order valence-electron chi connectivity index (χ3n) is 3.76. The van der Waals surface area contributed by atoms with Crippen molar-refractivity contribution in [2.45, 2.75) is 20.3 Å². The second-order valence-corrected chi connectivity index (χ2v) is 5.46. The van der Waals surface area contributed by atoms with Crippen LogP contribution in [-0.2, 0) is 0 Å². The number of hydrogen-bond acceptors (Lipinski definition) is 7. The van der Waals surface area contributed by atoms with Crippen molar-refractivity contribution in [2.75, 3.05) is 26.1 Å². The van der Waals surface area contributed by atoms with E-state index in [-0.39, 0.29) is 12.0 Å². The fourth-order valence-electron chi connectivity index (χ4n) is 2.60. The zero-order chi connectivity index (χ0) is 18.0. The second kappa shape index (κ2) is 6.80. The molecule has 2 amide bonds. The summed E-state index contributed by atoms with van der Waals surface area (Å²) in [6, 6.07) is 1.16. The summed E-state index contributed by atoms with van der Waals surface area (Å²) in [6.07, 6.45) is 4.49. The van der Waals surface area contributed by atoms with Crippen LogP contribution in [0.5, 0.6) is 11.8 Å². The predicted molar refractivity (Wildman–Crippen MR) is 92.3 cm³/mol. The minimum absolute atomic E-state index is 0.101. The van der Waals surface area contributed by atoms with E-state index in [1.54, 1.807) is 5.01 Å². The summed E-state index contributed by atoms with van der Waals surface area (Å²) in [5.41, 5.74) is 1.79. The fourth-order valence-corrected chi connectivity index (χ4v) is 2.60. The first-order valence-corrected chi connectivity index (χ1v) is 7.86. The molecule has 9 heteroatoms. The van der Waals surface area contributed by atoms with Gasteiger partial charge in [-0.3, -0.25) is 10.3 Å². The quantitative estimate of drug-likeness (QED) is 0.900. The van der Waals surface area contributed by atoms with Crippen molar-refractivity contribution >= 4 is 17.7 Å². The number of hydrazine groups is 1. The highest BCUT2D eigenvalue weighted by Gasteiger charge is 2.32. The summed E-state index contributed by atoms with van der Waals surface area (Å²) >= 11 is 0. The van der Waals surface area contributed by atoms with Gasteiger partial charge in [0.05, 0.1) is 26.8 Å². The van der Waals surface area contributed by atoms with Gasteiger partial charge in [0, 0.05) is 11.4 Å². The smallest absolute Gasteiger partial charge is 0.347 e. The fraction of sp³-hybridized carbons (Fsp3) is 0.375. The van der Waals surface area contributed by atoms with E-state index in [9.17, 15) is 4.79 Å². The lowest BCUT2D eigenvalue weighted by atomic mass is 10.2. The zero-order valence-corrected chi connectivity index (χ0v) is 14.6. The van der Waals surface area contributed by atoms with E-state index in [0.29, 0.717) is 24.7 Å². The van der Waals surface area contributed by atoms with Crippen LogP contribution in [0.4, 0.5) is 10.7 Å². The van der Waals surface area contributed by atoms with E-state index >= 15 is 0 Å². The SMILES string of the molecule is CCC1=CC=C2N=C(C)CN2N1C(=O)Nc1nc(OC)cc(OC)n1. The van der Waals surface area contributed by atoms with Crippen molar-refractivity contribution in [1.29, 1.82) is 0 Å². The third-order valence-corrected chi connectivity index (χ3v) is 3.76. The minimum atomic E-state index is -0.376. The third kappa shape index (κ3) is 3.25. The van der Waals surface area contributed by atoms with Gasteiger partial charge >= 0.3 is 6.03 Å². The van der Waals surface area contributed by atoms with Gasteiger partial charge in [0.1, 0.15) is 5.82 Å². The molecule has 2 aliphatic heterocycles. The number of ether oxygens (including phenoxy) is 2. The first-order valence-electron chi connectivity index (χ1n) is 7.86. The Morgan fingerprint density at radius 3 is 2.52 bits per heavy atom. The highest BCUT2D eigenvalue weighted by molar-refractivity contribution is 5.91. The number of hydrogen-bond donors (Lipinski definition) is 1. The molecule has 2 aliphatic rings. The number of urea groups is 1.